The third-order valence-electron chi connectivity index (χ3n) is 5.25. The Hall–Kier alpha value is -4.08. The van der Waals surface area contributed by atoms with Gasteiger partial charge in [-0.1, -0.05) is 45.0 Å². The topological polar surface area (TPSA) is 77.8 Å². The molecule has 4 aromatic rings. The van der Waals surface area contributed by atoms with Gasteiger partial charge in [0, 0.05) is 22.9 Å². The Kier molecular flexibility index (Phi) is 6.14. The van der Waals surface area contributed by atoms with Crippen LogP contribution in [0.4, 0.5) is 18.9 Å². The summed E-state index contributed by atoms with van der Waals surface area (Å²) in [5.41, 5.74) is 2.57. The summed E-state index contributed by atoms with van der Waals surface area (Å²) in [6, 6.07) is 10.3. The average molecular weight is 484 g/mol. The molecule has 0 saturated carbocycles. The smallest absolute Gasteiger partial charge is 0.495 e. The lowest BCUT2D eigenvalue weighted by molar-refractivity contribution is -0.274. The maximum Gasteiger partial charge on any atom is 0.573 e. The van der Waals surface area contributed by atoms with Crippen molar-refractivity contribution in [3.05, 3.63) is 72.3 Å². The monoisotopic (exact) mass is 484 g/mol. The summed E-state index contributed by atoms with van der Waals surface area (Å²) in [7, 11) is 1.42. The largest absolute Gasteiger partial charge is 0.573 e. The van der Waals surface area contributed by atoms with E-state index in [2.05, 4.69) is 40.8 Å². The van der Waals surface area contributed by atoms with Crippen LogP contribution in [0.15, 0.2) is 61.1 Å². The fourth-order valence-corrected chi connectivity index (χ4v) is 3.69. The lowest BCUT2D eigenvalue weighted by atomic mass is 9.93. The number of carbonyl (C=O) groups excluding carboxylic acids is 1. The molecule has 2 heterocycles. The van der Waals surface area contributed by atoms with E-state index in [1.807, 2.05) is 4.40 Å². The predicted octanol–water partition coefficient (Wildman–Crippen LogP) is 5.85. The molecule has 0 saturated heterocycles. The molecule has 2 aromatic heterocycles. The molecule has 1 amide bonds. The van der Waals surface area contributed by atoms with Crippen LogP contribution < -0.4 is 14.8 Å². The van der Waals surface area contributed by atoms with Crippen molar-refractivity contribution in [2.45, 2.75) is 32.5 Å². The zero-order valence-corrected chi connectivity index (χ0v) is 19.5. The number of nitrogens with one attached hydrogen (secondary N) is 1. The standard InChI is InChI=1S/C25H23F3N4O3/c1-24(2,3)20-13-30-23-29-12-16(14-32(20)23)31-22(33)19-7-5-6-18(21(19)34-4)15-8-10-17(11-9-15)35-25(26,27)28/h5-14H,1-4H3,(H,31,33). The molecule has 2 aromatic carbocycles. The normalized spacial score (nSPS) is 12.0. The first-order valence-corrected chi connectivity index (χ1v) is 10.6. The number of imidazole rings is 1. The Morgan fingerprint density at radius 3 is 2.31 bits per heavy atom. The van der Waals surface area contributed by atoms with Crippen LogP contribution >= 0.6 is 0 Å². The number of hydrogen-bond donors (Lipinski definition) is 1. The molecule has 182 valence electrons. The second kappa shape index (κ2) is 8.94. The number of ether oxygens (including phenoxy) is 2. The molecule has 0 bridgehead atoms. The predicted molar refractivity (Wildman–Crippen MR) is 125 cm³/mol. The number of hydrogen-bond acceptors (Lipinski definition) is 5. The van der Waals surface area contributed by atoms with Gasteiger partial charge in [-0.25, -0.2) is 9.97 Å². The molecular formula is C25H23F3N4O3. The van der Waals surface area contributed by atoms with Gasteiger partial charge in [-0.05, 0) is 23.8 Å². The van der Waals surface area contributed by atoms with Crippen molar-refractivity contribution >= 4 is 17.4 Å². The van der Waals surface area contributed by atoms with Crippen LogP contribution in [0, 0.1) is 0 Å². The number of rotatable bonds is 5. The van der Waals surface area contributed by atoms with Crippen molar-refractivity contribution < 1.29 is 27.4 Å². The maximum absolute atomic E-state index is 13.2. The van der Waals surface area contributed by atoms with E-state index in [0.29, 0.717) is 22.6 Å². The van der Waals surface area contributed by atoms with Crippen LogP contribution in [0.2, 0.25) is 0 Å². The van der Waals surface area contributed by atoms with Crippen LogP contribution in [0.3, 0.4) is 0 Å². The number of amides is 1. The summed E-state index contributed by atoms with van der Waals surface area (Å²) < 4.78 is 48.6. The van der Waals surface area contributed by atoms with E-state index in [-0.39, 0.29) is 22.5 Å². The second-order valence-electron chi connectivity index (χ2n) is 8.82. The van der Waals surface area contributed by atoms with Crippen LogP contribution in [-0.4, -0.2) is 33.7 Å². The van der Waals surface area contributed by atoms with E-state index in [9.17, 15) is 18.0 Å². The fourth-order valence-electron chi connectivity index (χ4n) is 3.69. The van der Waals surface area contributed by atoms with Gasteiger partial charge in [0.05, 0.1) is 30.8 Å². The Labute approximate surface area is 199 Å². The van der Waals surface area contributed by atoms with Crippen molar-refractivity contribution in [3.63, 3.8) is 0 Å². The summed E-state index contributed by atoms with van der Waals surface area (Å²) in [6.45, 7) is 6.17. The van der Waals surface area contributed by atoms with Crippen molar-refractivity contribution in [1.29, 1.82) is 0 Å². The van der Waals surface area contributed by atoms with E-state index < -0.39 is 12.3 Å². The number of para-hydroxylation sites is 1. The summed E-state index contributed by atoms with van der Waals surface area (Å²) in [5, 5.41) is 2.83. The number of methoxy groups -OCH3 is 1. The highest BCUT2D eigenvalue weighted by Gasteiger charge is 2.31. The molecule has 0 aliphatic carbocycles. The summed E-state index contributed by atoms with van der Waals surface area (Å²) in [6.07, 6.45) is 0.247. The molecule has 7 nitrogen and oxygen atoms in total. The van der Waals surface area contributed by atoms with Crippen LogP contribution in [-0.2, 0) is 5.41 Å². The molecule has 1 N–H and O–H groups in total. The lowest BCUT2D eigenvalue weighted by Crippen LogP contribution is -2.17. The molecule has 10 heteroatoms. The van der Waals surface area contributed by atoms with Crippen LogP contribution in [0.5, 0.6) is 11.5 Å². The van der Waals surface area contributed by atoms with Gasteiger partial charge in [-0.15, -0.1) is 13.2 Å². The zero-order chi connectivity index (χ0) is 25.4. The van der Waals surface area contributed by atoms with Crippen molar-refractivity contribution in [3.8, 4) is 22.6 Å². The minimum absolute atomic E-state index is 0.179. The van der Waals surface area contributed by atoms with Crippen LogP contribution in [0.25, 0.3) is 16.9 Å². The van der Waals surface area contributed by atoms with Gasteiger partial charge in [-0.2, -0.15) is 0 Å². The van der Waals surface area contributed by atoms with Gasteiger partial charge in [0.15, 0.2) is 0 Å². The van der Waals surface area contributed by atoms with Crippen molar-refractivity contribution in [2.24, 2.45) is 0 Å². The van der Waals surface area contributed by atoms with Crippen molar-refractivity contribution in [2.75, 3.05) is 12.4 Å². The number of benzene rings is 2. The number of aromatic nitrogens is 3. The highest BCUT2D eigenvalue weighted by atomic mass is 19.4. The molecule has 0 unspecified atom stereocenters. The molecule has 0 aliphatic heterocycles. The van der Waals surface area contributed by atoms with Crippen molar-refractivity contribution in [1.82, 2.24) is 14.4 Å². The number of anilines is 1. The van der Waals surface area contributed by atoms with E-state index in [1.165, 1.54) is 37.6 Å². The lowest BCUT2D eigenvalue weighted by Gasteiger charge is -2.18. The van der Waals surface area contributed by atoms with E-state index >= 15 is 0 Å². The third kappa shape index (κ3) is 5.21. The van der Waals surface area contributed by atoms with Gasteiger partial charge in [-0.3, -0.25) is 9.20 Å². The Bertz CT molecular complexity index is 1370. The zero-order valence-electron chi connectivity index (χ0n) is 19.5. The first-order chi connectivity index (χ1) is 16.5. The number of alkyl halides is 3. The highest BCUT2D eigenvalue weighted by Crippen LogP contribution is 2.35. The SMILES string of the molecule is COc1c(C(=O)Nc2cnc3ncc(C(C)(C)C)n3c2)cccc1-c1ccc(OC(F)(F)F)cc1. The molecule has 35 heavy (non-hydrogen) atoms. The average Bonchev–Trinajstić information content (AvgIpc) is 3.22. The van der Waals surface area contributed by atoms with Gasteiger partial charge >= 0.3 is 6.36 Å². The minimum atomic E-state index is -4.78. The molecule has 4 rings (SSSR count). The minimum Gasteiger partial charge on any atom is -0.495 e. The summed E-state index contributed by atoms with van der Waals surface area (Å²) >= 11 is 0. The van der Waals surface area contributed by atoms with E-state index in [0.717, 1.165) is 5.69 Å². The first kappa shape index (κ1) is 24.1. The van der Waals surface area contributed by atoms with Gasteiger partial charge in [0.1, 0.15) is 11.5 Å². The molecular weight excluding hydrogens is 461 g/mol. The highest BCUT2D eigenvalue weighted by molar-refractivity contribution is 6.07. The van der Waals surface area contributed by atoms with E-state index in [4.69, 9.17) is 4.74 Å². The number of nitrogens with zero attached hydrogens (tertiary/aromatic N) is 3. The first-order valence-electron chi connectivity index (χ1n) is 10.6. The fraction of sp³-hybridized carbons (Fsp3) is 0.240. The molecule has 0 aliphatic rings. The van der Waals surface area contributed by atoms with Gasteiger partial charge in [0.25, 0.3) is 5.91 Å². The summed E-state index contributed by atoms with van der Waals surface area (Å²) in [5.74, 6) is 0.0254. The molecule has 0 spiro atoms. The Balaban J connectivity index is 1.63. The van der Waals surface area contributed by atoms with Crippen LogP contribution in [0.1, 0.15) is 36.8 Å². The molecule has 0 fully saturated rings. The molecule has 0 atom stereocenters. The number of carbonyl (C=O) groups is 1. The van der Waals surface area contributed by atoms with Gasteiger partial charge < -0.3 is 14.8 Å². The maximum atomic E-state index is 13.2. The Morgan fingerprint density at radius 2 is 1.69 bits per heavy atom. The van der Waals surface area contributed by atoms with Gasteiger partial charge in [0.2, 0.25) is 5.78 Å². The number of halogens is 3. The quantitative estimate of drug-likeness (QED) is 0.384. The summed E-state index contributed by atoms with van der Waals surface area (Å²) in [4.78, 5) is 21.8. The number of fused-ring (bicyclic) bond motifs is 1. The third-order valence-corrected chi connectivity index (χ3v) is 5.25. The Morgan fingerprint density at radius 1 is 1.00 bits per heavy atom. The second-order valence-corrected chi connectivity index (χ2v) is 8.82. The molecule has 0 radical (unpaired) electrons. The van der Waals surface area contributed by atoms with E-state index in [1.54, 1.807) is 30.6 Å².